The standard InChI is InChI=1S/C11H22N2O/c14-11(9-13-6-1-2-7-13)10-4-3-5-12-8-10/h10-12,14H,1-9H2. The smallest absolute Gasteiger partial charge is 0.0707 e. The van der Waals surface area contributed by atoms with Gasteiger partial charge < -0.3 is 15.3 Å². The fourth-order valence-electron chi connectivity index (χ4n) is 2.59. The summed E-state index contributed by atoms with van der Waals surface area (Å²) in [5.41, 5.74) is 0. The zero-order valence-corrected chi connectivity index (χ0v) is 8.91. The summed E-state index contributed by atoms with van der Waals surface area (Å²) in [6, 6.07) is 0. The lowest BCUT2D eigenvalue weighted by Gasteiger charge is -2.29. The average molecular weight is 198 g/mol. The van der Waals surface area contributed by atoms with Crippen molar-refractivity contribution in [2.24, 2.45) is 5.92 Å². The van der Waals surface area contributed by atoms with E-state index in [9.17, 15) is 5.11 Å². The maximum absolute atomic E-state index is 10.1. The first-order valence-electron chi connectivity index (χ1n) is 5.97. The lowest BCUT2D eigenvalue weighted by Crippen LogP contribution is -2.42. The third kappa shape index (κ3) is 2.69. The minimum Gasteiger partial charge on any atom is -0.391 e. The number of aliphatic hydroxyl groups is 1. The van der Waals surface area contributed by atoms with Crippen molar-refractivity contribution in [1.82, 2.24) is 10.2 Å². The number of hydrogen-bond donors (Lipinski definition) is 2. The quantitative estimate of drug-likeness (QED) is 0.691. The van der Waals surface area contributed by atoms with Gasteiger partial charge in [0, 0.05) is 13.1 Å². The number of β-amino-alcohol motifs (C(OH)–C–C–N with tert-alkyl or cyclic N) is 1. The number of piperidine rings is 1. The molecule has 0 amide bonds. The molecule has 3 nitrogen and oxygen atoms in total. The minimum atomic E-state index is -0.110. The van der Waals surface area contributed by atoms with Crippen molar-refractivity contribution in [1.29, 1.82) is 0 Å². The number of hydrogen-bond acceptors (Lipinski definition) is 3. The molecule has 2 aliphatic rings. The zero-order chi connectivity index (χ0) is 9.80. The minimum absolute atomic E-state index is 0.110. The molecule has 82 valence electrons. The van der Waals surface area contributed by atoms with Crippen LogP contribution in [0.25, 0.3) is 0 Å². The highest BCUT2D eigenvalue weighted by molar-refractivity contribution is 4.79. The van der Waals surface area contributed by atoms with Gasteiger partial charge >= 0.3 is 0 Å². The van der Waals surface area contributed by atoms with Gasteiger partial charge in [-0.1, -0.05) is 0 Å². The topological polar surface area (TPSA) is 35.5 Å². The second kappa shape index (κ2) is 5.10. The van der Waals surface area contributed by atoms with Gasteiger partial charge in [-0.2, -0.15) is 0 Å². The number of rotatable bonds is 3. The molecule has 0 radical (unpaired) electrons. The Bertz CT molecular complexity index is 163. The SMILES string of the molecule is OC(CN1CCCC1)C1CCCNC1. The third-order valence-corrected chi connectivity index (χ3v) is 3.52. The van der Waals surface area contributed by atoms with Crippen LogP contribution in [0.15, 0.2) is 0 Å². The Morgan fingerprint density at radius 2 is 2.07 bits per heavy atom. The van der Waals surface area contributed by atoms with Gasteiger partial charge in [-0.05, 0) is 51.2 Å². The highest BCUT2D eigenvalue weighted by Crippen LogP contribution is 2.17. The predicted molar refractivity (Wildman–Crippen MR) is 57.3 cm³/mol. The van der Waals surface area contributed by atoms with E-state index in [-0.39, 0.29) is 6.10 Å². The third-order valence-electron chi connectivity index (χ3n) is 3.52. The highest BCUT2D eigenvalue weighted by Gasteiger charge is 2.24. The summed E-state index contributed by atoms with van der Waals surface area (Å²) in [6.45, 7) is 5.42. The lowest BCUT2D eigenvalue weighted by molar-refractivity contribution is 0.0602. The van der Waals surface area contributed by atoms with Crippen LogP contribution in [0.4, 0.5) is 0 Å². The second-order valence-corrected chi connectivity index (χ2v) is 4.68. The van der Waals surface area contributed by atoms with E-state index >= 15 is 0 Å². The van der Waals surface area contributed by atoms with E-state index in [4.69, 9.17) is 0 Å². The Hall–Kier alpha value is -0.120. The molecule has 2 aliphatic heterocycles. The number of aliphatic hydroxyl groups excluding tert-OH is 1. The molecule has 2 rings (SSSR count). The van der Waals surface area contributed by atoms with Crippen LogP contribution in [-0.4, -0.2) is 48.8 Å². The van der Waals surface area contributed by atoms with Crippen molar-refractivity contribution in [2.45, 2.75) is 31.8 Å². The molecule has 2 saturated heterocycles. The molecule has 0 aromatic heterocycles. The first-order valence-corrected chi connectivity index (χ1v) is 5.97. The Morgan fingerprint density at radius 3 is 2.71 bits per heavy atom. The Morgan fingerprint density at radius 1 is 1.29 bits per heavy atom. The van der Waals surface area contributed by atoms with Gasteiger partial charge in [0.2, 0.25) is 0 Å². The van der Waals surface area contributed by atoms with Gasteiger partial charge in [0.05, 0.1) is 6.10 Å². The Balaban J connectivity index is 1.72. The van der Waals surface area contributed by atoms with E-state index in [1.54, 1.807) is 0 Å². The fourth-order valence-corrected chi connectivity index (χ4v) is 2.59. The maximum Gasteiger partial charge on any atom is 0.0707 e. The zero-order valence-electron chi connectivity index (χ0n) is 8.91. The van der Waals surface area contributed by atoms with Crippen molar-refractivity contribution in [3.63, 3.8) is 0 Å². The van der Waals surface area contributed by atoms with Gasteiger partial charge in [-0.25, -0.2) is 0 Å². The van der Waals surface area contributed by atoms with Crippen LogP contribution in [0.2, 0.25) is 0 Å². The van der Waals surface area contributed by atoms with Crippen molar-refractivity contribution < 1.29 is 5.11 Å². The summed E-state index contributed by atoms with van der Waals surface area (Å²) in [7, 11) is 0. The molecule has 2 N–H and O–H groups in total. The van der Waals surface area contributed by atoms with E-state index < -0.39 is 0 Å². The Labute approximate surface area is 86.5 Å². The summed E-state index contributed by atoms with van der Waals surface area (Å²) in [5, 5.41) is 13.4. The van der Waals surface area contributed by atoms with Crippen LogP contribution in [0, 0.1) is 5.92 Å². The van der Waals surface area contributed by atoms with Gasteiger partial charge in [0.1, 0.15) is 0 Å². The first kappa shape index (κ1) is 10.4. The molecular formula is C11H22N2O. The van der Waals surface area contributed by atoms with Crippen LogP contribution < -0.4 is 5.32 Å². The van der Waals surface area contributed by atoms with Crippen molar-refractivity contribution in [3.8, 4) is 0 Å². The molecule has 2 fully saturated rings. The molecule has 0 aromatic rings. The largest absolute Gasteiger partial charge is 0.391 e. The molecule has 0 aliphatic carbocycles. The molecule has 0 aromatic carbocycles. The lowest BCUT2D eigenvalue weighted by atomic mass is 9.93. The molecule has 14 heavy (non-hydrogen) atoms. The van der Waals surface area contributed by atoms with E-state index in [1.165, 1.54) is 38.8 Å². The molecule has 2 atom stereocenters. The van der Waals surface area contributed by atoms with Gasteiger partial charge in [-0.15, -0.1) is 0 Å². The van der Waals surface area contributed by atoms with Crippen LogP contribution >= 0.6 is 0 Å². The highest BCUT2D eigenvalue weighted by atomic mass is 16.3. The summed E-state index contributed by atoms with van der Waals surface area (Å²) >= 11 is 0. The van der Waals surface area contributed by atoms with Gasteiger partial charge in [-0.3, -0.25) is 0 Å². The Kier molecular flexibility index (Phi) is 3.79. The van der Waals surface area contributed by atoms with Crippen molar-refractivity contribution in [2.75, 3.05) is 32.7 Å². The number of nitrogens with zero attached hydrogens (tertiary/aromatic N) is 1. The predicted octanol–water partition coefficient (Wildman–Crippen LogP) is 0.443. The van der Waals surface area contributed by atoms with Crippen LogP contribution in [0.3, 0.4) is 0 Å². The first-order chi connectivity index (χ1) is 6.86. The maximum atomic E-state index is 10.1. The van der Waals surface area contributed by atoms with E-state index in [0.717, 1.165) is 19.6 Å². The van der Waals surface area contributed by atoms with Gasteiger partial charge in [0.15, 0.2) is 0 Å². The van der Waals surface area contributed by atoms with Crippen LogP contribution in [0.5, 0.6) is 0 Å². The van der Waals surface area contributed by atoms with Crippen molar-refractivity contribution >= 4 is 0 Å². The van der Waals surface area contributed by atoms with Gasteiger partial charge in [0.25, 0.3) is 0 Å². The summed E-state index contributed by atoms with van der Waals surface area (Å²) in [5.74, 6) is 0.490. The summed E-state index contributed by atoms with van der Waals surface area (Å²) < 4.78 is 0. The summed E-state index contributed by atoms with van der Waals surface area (Å²) in [4.78, 5) is 2.40. The molecular weight excluding hydrogens is 176 g/mol. The van der Waals surface area contributed by atoms with E-state index in [0.29, 0.717) is 5.92 Å². The fraction of sp³-hybridized carbons (Fsp3) is 1.00. The van der Waals surface area contributed by atoms with Crippen molar-refractivity contribution in [3.05, 3.63) is 0 Å². The molecule has 0 spiro atoms. The molecule has 2 unspecified atom stereocenters. The number of likely N-dealkylation sites (tertiary alicyclic amines) is 1. The average Bonchev–Trinajstić information content (AvgIpc) is 2.72. The summed E-state index contributed by atoms with van der Waals surface area (Å²) in [6.07, 6.45) is 4.94. The van der Waals surface area contributed by atoms with E-state index in [2.05, 4.69) is 10.2 Å². The molecule has 3 heteroatoms. The molecule has 0 saturated carbocycles. The number of nitrogens with one attached hydrogen (secondary N) is 1. The van der Waals surface area contributed by atoms with E-state index in [1.807, 2.05) is 0 Å². The monoisotopic (exact) mass is 198 g/mol. The normalized spacial score (nSPS) is 31.9. The van der Waals surface area contributed by atoms with Crippen LogP contribution in [-0.2, 0) is 0 Å². The second-order valence-electron chi connectivity index (χ2n) is 4.68. The molecule has 2 heterocycles. The van der Waals surface area contributed by atoms with Crippen LogP contribution in [0.1, 0.15) is 25.7 Å². The molecule has 0 bridgehead atoms.